The van der Waals surface area contributed by atoms with Gasteiger partial charge in [-0.25, -0.2) is 9.78 Å². The molecule has 0 radical (unpaired) electrons. The Labute approximate surface area is 130 Å². The minimum atomic E-state index is -1.06. The van der Waals surface area contributed by atoms with Gasteiger partial charge in [-0.1, -0.05) is 15.9 Å². The second-order valence-corrected chi connectivity index (χ2v) is 5.45. The van der Waals surface area contributed by atoms with Gasteiger partial charge in [0.1, 0.15) is 17.5 Å². The number of hydrogen-bond donors (Lipinski definition) is 2. The van der Waals surface area contributed by atoms with Crippen LogP contribution in [-0.2, 0) is 0 Å². The van der Waals surface area contributed by atoms with E-state index in [0.29, 0.717) is 22.5 Å². The number of aromatic nitrogens is 1. The van der Waals surface area contributed by atoms with Gasteiger partial charge >= 0.3 is 5.97 Å². The van der Waals surface area contributed by atoms with Gasteiger partial charge < -0.3 is 10.4 Å². The Kier molecular flexibility index (Phi) is 4.24. The molecule has 0 aliphatic rings. The number of halogens is 1. The molecule has 5 nitrogen and oxygen atoms in total. The van der Waals surface area contributed by atoms with Crippen LogP contribution in [0.2, 0.25) is 0 Å². The van der Waals surface area contributed by atoms with Crippen LogP contribution in [0.1, 0.15) is 27.2 Å². The Morgan fingerprint density at radius 2 is 2.10 bits per heavy atom. The molecule has 1 heterocycles. The zero-order chi connectivity index (χ0) is 15.6. The molecule has 0 aliphatic heterocycles. The lowest BCUT2D eigenvalue weighted by Crippen LogP contribution is -2.09. The first kappa shape index (κ1) is 15.0. The number of carboxylic acids is 1. The van der Waals surface area contributed by atoms with E-state index in [1.807, 2.05) is 0 Å². The maximum atomic E-state index is 11.4. The number of nitrogens with one attached hydrogen (secondary N) is 1. The van der Waals surface area contributed by atoms with Crippen molar-refractivity contribution < 1.29 is 9.90 Å². The number of carboxylic acid groups (broad SMARTS) is 1. The maximum absolute atomic E-state index is 11.4. The standard InChI is InChI=1S/C15H12BrN3O2/c1-8-5-9(2)18-14(13(8)15(20)21)19-12-4-3-11(16)6-10(12)7-17/h3-6H,1-2H3,(H,18,19)(H,20,21). The van der Waals surface area contributed by atoms with E-state index in [1.54, 1.807) is 38.1 Å². The van der Waals surface area contributed by atoms with Gasteiger partial charge in [-0.3, -0.25) is 0 Å². The molecule has 0 unspecified atom stereocenters. The van der Waals surface area contributed by atoms with Gasteiger partial charge in [-0.05, 0) is 43.7 Å². The molecule has 0 atom stereocenters. The van der Waals surface area contributed by atoms with Crippen LogP contribution in [-0.4, -0.2) is 16.1 Å². The summed E-state index contributed by atoms with van der Waals surface area (Å²) in [6.45, 7) is 3.51. The molecule has 0 fully saturated rings. The molecule has 0 bridgehead atoms. The van der Waals surface area contributed by atoms with Crippen molar-refractivity contribution in [2.45, 2.75) is 13.8 Å². The molecular formula is C15H12BrN3O2. The molecule has 2 rings (SSSR count). The topological polar surface area (TPSA) is 86.0 Å². The molecule has 106 valence electrons. The first-order valence-electron chi connectivity index (χ1n) is 6.10. The highest BCUT2D eigenvalue weighted by atomic mass is 79.9. The number of nitrogens with zero attached hydrogens (tertiary/aromatic N) is 2. The van der Waals surface area contributed by atoms with Crippen LogP contribution in [0.3, 0.4) is 0 Å². The highest BCUT2D eigenvalue weighted by Crippen LogP contribution is 2.26. The van der Waals surface area contributed by atoms with Crippen molar-refractivity contribution in [3.63, 3.8) is 0 Å². The molecule has 1 aromatic carbocycles. The molecule has 0 saturated carbocycles. The molecule has 2 N–H and O–H groups in total. The number of anilines is 2. The molecular weight excluding hydrogens is 334 g/mol. The lowest BCUT2D eigenvalue weighted by Gasteiger charge is -2.13. The van der Waals surface area contributed by atoms with E-state index < -0.39 is 5.97 Å². The van der Waals surface area contributed by atoms with Crippen molar-refractivity contribution >= 4 is 33.4 Å². The number of pyridine rings is 1. The Hall–Kier alpha value is -2.39. The van der Waals surface area contributed by atoms with Crippen LogP contribution in [0.15, 0.2) is 28.7 Å². The van der Waals surface area contributed by atoms with Crippen molar-refractivity contribution in [3.05, 3.63) is 51.1 Å². The second kappa shape index (κ2) is 5.94. The monoisotopic (exact) mass is 345 g/mol. The fourth-order valence-electron chi connectivity index (χ4n) is 2.04. The lowest BCUT2D eigenvalue weighted by molar-refractivity contribution is 0.0697. The quantitative estimate of drug-likeness (QED) is 0.883. The number of carbonyl (C=O) groups is 1. The van der Waals surface area contributed by atoms with Gasteiger partial charge in [0, 0.05) is 10.2 Å². The first-order chi connectivity index (χ1) is 9.92. The zero-order valence-corrected chi connectivity index (χ0v) is 13.0. The highest BCUT2D eigenvalue weighted by molar-refractivity contribution is 9.10. The predicted molar refractivity (Wildman–Crippen MR) is 82.8 cm³/mol. The zero-order valence-electron chi connectivity index (χ0n) is 11.4. The van der Waals surface area contributed by atoms with E-state index in [9.17, 15) is 9.90 Å². The minimum Gasteiger partial charge on any atom is -0.478 e. The molecule has 21 heavy (non-hydrogen) atoms. The predicted octanol–water partition coefficient (Wildman–Crippen LogP) is 3.77. The van der Waals surface area contributed by atoms with Crippen LogP contribution < -0.4 is 5.32 Å². The molecule has 1 aromatic heterocycles. The minimum absolute atomic E-state index is 0.104. The van der Waals surface area contributed by atoms with E-state index in [2.05, 4.69) is 32.3 Å². The molecule has 0 aliphatic carbocycles. The van der Waals surface area contributed by atoms with Crippen LogP contribution in [0.25, 0.3) is 0 Å². The van der Waals surface area contributed by atoms with Crippen LogP contribution in [0.4, 0.5) is 11.5 Å². The normalized spacial score (nSPS) is 10.0. The fourth-order valence-corrected chi connectivity index (χ4v) is 2.40. The highest BCUT2D eigenvalue weighted by Gasteiger charge is 2.17. The van der Waals surface area contributed by atoms with E-state index in [4.69, 9.17) is 5.26 Å². The summed E-state index contributed by atoms with van der Waals surface area (Å²) in [7, 11) is 0. The Bertz CT molecular complexity index is 766. The largest absolute Gasteiger partial charge is 0.478 e. The molecule has 2 aromatic rings. The molecule has 6 heteroatoms. The van der Waals surface area contributed by atoms with Gasteiger partial charge in [0.05, 0.1) is 11.3 Å². The first-order valence-corrected chi connectivity index (χ1v) is 6.90. The summed E-state index contributed by atoms with van der Waals surface area (Å²) in [5, 5.41) is 21.4. The number of nitriles is 1. The summed E-state index contributed by atoms with van der Waals surface area (Å²) < 4.78 is 0.774. The average Bonchev–Trinajstić information content (AvgIpc) is 2.39. The number of hydrogen-bond acceptors (Lipinski definition) is 4. The maximum Gasteiger partial charge on any atom is 0.339 e. The lowest BCUT2D eigenvalue weighted by atomic mass is 10.1. The third-order valence-electron chi connectivity index (χ3n) is 2.91. The summed E-state index contributed by atoms with van der Waals surface area (Å²) in [6, 6.07) is 8.91. The van der Waals surface area contributed by atoms with E-state index >= 15 is 0 Å². The number of aromatic carboxylic acids is 1. The van der Waals surface area contributed by atoms with Gasteiger partial charge in [0.15, 0.2) is 0 Å². The SMILES string of the molecule is Cc1cc(C)c(C(=O)O)c(Nc2ccc(Br)cc2C#N)n1. The number of benzene rings is 1. The van der Waals surface area contributed by atoms with E-state index in [0.717, 1.165) is 4.47 Å². The Balaban J connectivity index is 2.54. The van der Waals surface area contributed by atoms with Gasteiger partial charge in [0.25, 0.3) is 0 Å². The Morgan fingerprint density at radius 1 is 1.38 bits per heavy atom. The second-order valence-electron chi connectivity index (χ2n) is 4.54. The van der Waals surface area contributed by atoms with Crippen molar-refractivity contribution in [2.75, 3.05) is 5.32 Å². The number of aryl methyl sites for hydroxylation is 2. The van der Waals surface area contributed by atoms with Gasteiger partial charge in [0.2, 0.25) is 0 Å². The van der Waals surface area contributed by atoms with Crippen molar-refractivity contribution in [1.82, 2.24) is 4.98 Å². The third kappa shape index (κ3) is 3.20. The van der Waals surface area contributed by atoms with Crippen LogP contribution >= 0.6 is 15.9 Å². The molecule has 0 saturated heterocycles. The van der Waals surface area contributed by atoms with Crippen LogP contribution in [0, 0.1) is 25.2 Å². The van der Waals surface area contributed by atoms with Crippen LogP contribution in [0.5, 0.6) is 0 Å². The van der Waals surface area contributed by atoms with Crippen molar-refractivity contribution in [2.24, 2.45) is 0 Å². The van der Waals surface area contributed by atoms with Crippen molar-refractivity contribution in [3.8, 4) is 6.07 Å². The van der Waals surface area contributed by atoms with E-state index in [1.165, 1.54) is 0 Å². The average molecular weight is 346 g/mol. The summed E-state index contributed by atoms with van der Waals surface area (Å²) >= 11 is 3.29. The third-order valence-corrected chi connectivity index (χ3v) is 3.41. The summed E-state index contributed by atoms with van der Waals surface area (Å²) in [6.07, 6.45) is 0. The Morgan fingerprint density at radius 3 is 2.71 bits per heavy atom. The van der Waals surface area contributed by atoms with Gasteiger partial charge in [-0.2, -0.15) is 5.26 Å². The summed E-state index contributed by atoms with van der Waals surface area (Å²) in [4.78, 5) is 15.6. The fraction of sp³-hybridized carbons (Fsp3) is 0.133. The molecule has 0 spiro atoms. The summed E-state index contributed by atoms with van der Waals surface area (Å²) in [5.74, 6) is -0.822. The number of rotatable bonds is 3. The van der Waals surface area contributed by atoms with E-state index in [-0.39, 0.29) is 11.4 Å². The smallest absolute Gasteiger partial charge is 0.339 e. The van der Waals surface area contributed by atoms with Gasteiger partial charge in [-0.15, -0.1) is 0 Å². The molecule has 0 amide bonds. The summed E-state index contributed by atoms with van der Waals surface area (Å²) in [5.41, 5.74) is 2.35. The van der Waals surface area contributed by atoms with Crippen molar-refractivity contribution in [1.29, 1.82) is 5.26 Å².